The van der Waals surface area contributed by atoms with Crippen LogP contribution in [0.2, 0.25) is 0 Å². The minimum Gasteiger partial charge on any atom is -0.490 e. The fourth-order valence-electron chi connectivity index (χ4n) is 2.70. The Morgan fingerprint density at radius 3 is 2.63 bits per heavy atom. The van der Waals surface area contributed by atoms with Gasteiger partial charge in [0.25, 0.3) is 5.91 Å². The van der Waals surface area contributed by atoms with Gasteiger partial charge in [-0.25, -0.2) is 4.98 Å². The number of rotatable bonds is 9. The lowest BCUT2D eigenvalue weighted by atomic mass is 10.2. The molecule has 0 fully saturated rings. The maximum absolute atomic E-state index is 12.6. The van der Waals surface area contributed by atoms with Crippen LogP contribution in [0, 0.1) is 0 Å². The van der Waals surface area contributed by atoms with Crippen LogP contribution in [0.15, 0.2) is 46.4 Å². The van der Waals surface area contributed by atoms with Crippen molar-refractivity contribution in [3.63, 3.8) is 0 Å². The molecule has 0 aliphatic carbocycles. The van der Waals surface area contributed by atoms with E-state index < -0.39 is 0 Å². The molecule has 2 amide bonds. The Kier molecular flexibility index (Phi) is 7.08. The zero-order valence-electron chi connectivity index (χ0n) is 17.0. The summed E-state index contributed by atoms with van der Waals surface area (Å²) in [5, 5.41) is 5.03. The number of nitrogens with one attached hydrogen (secondary N) is 1. The molecule has 0 saturated heterocycles. The number of furan rings is 1. The van der Waals surface area contributed by atoms with E-state index in [1.165, 1.54) is 16.2 Å². The number of nitrogens with zero attached hydrogens (tertiary/aromatic N) is 2. The summed E-state index contributed by atoms with van der Waals surface area (Å²) in [6.45, 7) is 4.62. The standard InChI is InChI=1S/C21H23N3O5S/c1-4-27-16-9-8-14(11-18(16)28-5-2)22-19(25)12-24(3)21(26)15-13-30-20(23-15)17-7-6-10-29-17/h6-11,13H,4-5,12H2,1-3H3,(H,22,25). The Bertz CT molecular complexity index is 1000. The van der Waals surface area contributed by atoms with Crippen LogP contribution in [-0.2, 0) is 4.79 Å². The predicted octanol–water partition coefficient (Wildman–Crippen LogP) is 3.91. The molecule has 2 heterocycles. The van der Waals surface area contributed by atoms with Crippen molar-refractivity contribution in [3.05, 3.63) is 47.7 Å². The van der Waals surface area contributed by atoms with Crippen molar-refractivity contribution in [1.29, 1.82) is 0 Å². The van der Waals surface area contributed by atoms with Crippen LogP contribution in [0.4, 0.5) is 5.69 Å². The summed E-state index contributed by atoms with van der Waals surface area (Å²) in [6.07, 6.45) is 1.55. The molecular formula is C21H23N3O5S. The lowest BCUT2D eigenvalue weighted by Crippen LogP contribution is -2.35. The van der Waals surface area contributed by atoms with Gasteiger partial charge in [-0.3, -0.25) is 9.59 Å². The second-order valence-corrected chi connectivity index (χ2v) is 7.11. The molecule has 0 unspecified atom stereocenters. The van der Waals surface area contributed by atoms with Crippen molar-refractivity contribution in [1.82, 2.24) is 9.88 Å². The molecule has 158 valence electrons. The van der Waals surface area contributed by atoms with E-state index >= 15 is 0 Å². The summed E-state index contributed by atoms with van der Waals surface area (Å²) in [4.78, 5) is 30.6. The number of hydrogen-bond donors (Lipinski definition) is 1. The van der Waals surface area contributed by atoms with Gasteiger partial charge >= 0.3 is 0 Å². The molecule has 9 heteroatoms. The number of likely N-dealkylation sites (N-methyl/N-ethyl adjacent to an activating group) is 1. The molecule has 1 aromatic carbocycles. The van der Waals surface area contributed by atoms with Gasteiger partial charge in [0.2, 0.25) is 5.91 Å². The molecule has 2 aromatic heterocycles. The van der Waals surface area contributed by atoms with E-state index in [0.29, 0.717) is 41.2 Å². The quantitative estimate of drug-likeness (QED) is 0.554. The number of thiazole rings is 1. The molecule has 0 aliphatic heterocycles. The third-order valence-electron chi connectivity index (χ3n) is 4.01. The van der Waals surface area contributed by atoms with Crippen LogP contribution >= 0.6 is 11.3 Å². The highest BCUT2D eigenvalue weighted by Crippen LogP contribution is 2.30. The molecule has 0 radical (unpaired) electrons. The zero-order chi connectivity index (χ0) is 21.5. The third-order valence-corrected chi connectivity index (χ3v) is 4.87. The van der Waals surface area contributed by atoms with Crippen LogP contribution in [0.25, 0.3) is 10.8 Å². The van der Waals surface area contributed by atoms with E-state index in [9.17, 15) is 9.59 Å². The van der Waals surface area contributed by atoms with Gasteiger partial charge in [-0.2, -0.15) is 0 Å². The highest BCUT2D eigenvalue weighted by atomic mass is 32.1. The number of benzene rings is 1. The molecule has 8 nitrogen and oxygen atoms in total. The van der Waals surface area contributed by atoms with Crippen LogP contribution in [0.5, 0.6) is 11.5 Å². The highest BCUT2D eigenvalue weighted by Gasteiger charge is 2.19. The van der Waals surface area contributed by atoms with E-state index in [1.807, 2.05) is 13.8 Å². The first kappa shape index (κ1) is 21.4. The zero-order valence-corrected chi connectivity index (χ0v) is 17.8. The molecule has 0 atom stereocenters. The third kappa shape index (κ3) is 5.18. The molecule has 1 N–H and O–H groups in total. The lowest BCUT2D eigenvalue weighted by Gasteiger charge is -2.16. The maximum Gasteiger partial charge on any atom is 0.273 e. The number of aromatic nitrogens is 1. The molecule has 0 aliphatic rings. The largest absolute Gasteiger partial charge is 0.490 e. The first-order valence-corrected chi connectivity index (χ1v) is 10.3. The molecule has 3 rings (SSSR count). The average molecular weight is 429 g/mol. The number of carbonyl (C=O) groups excluding carboxylic acids is 2. The Morgan fingerprint density at radius 1 is 1.17 bits per heavy atom. The SMILES string of the molecule is CCOc1ccc(NC(=O)CN(C)C(=O)c2csc(-c3ccco3)n2)cc1OCC. The van der Waals surface area contributed by atoms with Crippen molar-refractivity contribution < 1.29 is 23.5 Å². The predicted molar refractivity (Wildman–Crippen MR) is 114 cm³/mol. The Labute approximate surface area is 178 Å². The van der Waals surface area contributed by atoms with Crippen molar-refractivity contribution in [3.8, 4) is 22.3 Å². The van der Waals surface area contributed by atoms with Gasteiger partial charge < -0.3 is 24.1 Å². The number of hydrogen-bond acceptors (Lipinski definition) is 7. The minimum absolute atomic E-state index is 0.121. The average Bonchev–Trinajstić information content (AvgIpc) is 3.41. The van der Waals surface area contributed by atoms with E-state index in [4.69, 9.17) is 13.9 Å². The van der Waals surface area contributed by atoms with Gasteiger partial charge in [-0.15, -0.1) is 11.3 Å². The van der Waals surface area contributed by atoms with Gasteiger partial charge in [0.1, 0.15) is 5.69 Å². The van der Waals surface area contributed by atoms with Crippen LogP contribution < -0.4 is 14.8 Å². The van der Waals surface area contributed by atoms with E-state index in [-0.39, 0.29) is 24.1 Å². The monoisotopic (exact) mass is 429 g/mol. The first-order chi connectivity index (χ1) is 14.5. The molecule has 30 heavy (non-hydrogen) atoms. The number of carbonyl (C=O) groups is 2. The summed E-state index contributed by atoms with van der Waals surface area (Å²) in [5.74, 6) is 1.08. The fourth-order valence-corrected chi connectivity index (χ4v) is 3.46. The minimum atomic E-state index is -0.346. The summed E-state index contributed by atoms with van der Waals surface area (Å²) < 4.78 is 16.4. The second kappa shape index (κ2) is 9.93. The topological polar surface area (TPSA) is 93.9 Å². The molecular weight excluding hydrogens is 406 g/mol. The van der Waals surface area contributed by atoms with Crippen molar-refractivity contribution >= 4 is 28.8 Å². The molecule has 0 bridgehead atoms. The van der Waals surface area contributed by atoms with Crippen LogP contribution in [0.1, 0.15) is 24.3 Å². The summed E-state index contributed by atoms with van der Waals surface area (Å²) in [5.41, 5.74) is 0.822. The van der Waals surface area contributed by atoms with Gasteiger partial charge in [-0.05, 0) is 38.1 Å². The maximum atomic E-state index is 12.6. The Morgan fingerprint density at radius 2 is 1.93 bits per heavy atom. The van der Waals surface area contributed by atoms with Gasteiger partial charge in [-0.1, -0.05) is 0 Å². The van der Waals surface area contributed by atoms with E-state index in [0.717, 1.165) is 0 Å². The van der Waals surface area contributed by atoms with E-state index in [2.05, 4.69) is 10.3 Å². The fraction of sp³-hybridized carbons (Fsp3) is 0.286. The van der Waals surface area contributed by atoms with Crippen LogP contribution in [0.3, 0.4) is 0 Å². The summed E-state index contributed by atoms with van der Waals surface area (Å²) in [6, 6.07) is 8.70. The summed E-state index contributed by atoms with van der Waals surface area (Å²) in [7, 11) is 1.55. The van der Waals surface area contributed by atoms with Crippen molar-refractivity contribution in [2.75, 3.05) is 32.1 Å². The van der Waals surface area contributed by atoms with Gasteiger partial charge in [0.05, 0.1) is 26.0 Å². The number of anilines is 1. The second-order valence-electron chi connectivity index (χ2n) is 6.25. The highest BCUT2D eigenvalue weighted by molar-refractivity contribution is 7.13. The normalized spacial score (nSPS) is 10.5. The van der Waals surface area contributed by atoms with Gasteiger partial charge in [0, 0.05) is 24.2 Å². The van der Waals surface area contributed by atoms with E-state index in [1.54, 1.807) is 49.0 Å². The molecule has 0 spiro atoms. The molecule has 3 aromatic rings. The molecule has 0 saturated carbocycles. The number of ether oxygens (including phenoxy) is 2. The lowest BCUT2D eigenvalue weighted by molar-refractivity contribution is -0.116. The Hall–Kier alpha value is -3.33. The Balaban J connectivity index is 1.61. The summed E-state index contributed by atoms with van der Waals surface area (Å²) >= 11 is 1.31. The van der Waals surface area contributed by atoms with Gasteiger partial charge in [0.15, 0.2) is 22.3 Å². The van der Waals surface area contributed by atoms with Crippen molar-refractivity contribution in [2.45, 2.75) is 13.8 Å². The first-order valence-electron chi connectivity index (χ1n) is 9.46. The van der Waals surface area contributed by atoms with Crippen molar-refractivity contribution in [2.24, 2.45) is 0 Å². The number of amides is 2. The smallest absolute Gasteiger partial charge is 0.273 e. The van der Waals surface area contributed by atoms with Crippen LogP contribution in [-0.4, -0.2) is 48.5 Å².